The Morgan fingerprint density at radius 1 is 1.11 bits per heavy atom. The Bertz CT molecular complexity index is 776. The zero-order valence-corrected chi connectivity index (χ0v) is 17.7. The van der Waals surface area contributed by atoms with Crippen LogP contribution in [0, 0.1) is 0 Å². The van der Waals surface area contributed by atoms with Gasteiger partial charge in [0, 0.05) is 17.5 Å². The summed E-state index contributed by atoms with van der Waals surface area (Å²) in [6, 6.07) is 10.0. The second-order valence-electron chi connectivity index (χ2n) is 8.01. The van der Waals surface area contributed by atoms with E-state index in [2.05, 4.69) is 13.8 Å². The van der Waals surface area contributed by atoms with Gasteiger partial charge in [0.25, 0.3) is 5.91 Å². The Balaban J connectivity index is 1.52. The molecule has 2 heterocycles. The second kappa shape index (κ2) is 9.20. The number of rotatable bonds is 5. The number of likely N-dealkylation sites (tertiary alicyclic amines) is 1. The van der Waals surface area contributed by atoms with Crippen LogP contribution < -0.4 is 4.90 Å². The van der Waals surface area contributed by atoms with Gasteiger partial charge in [-0.25, -0.2) is 8.42 Å². The van der Waals surface area contributed by atoms with Crippen LogP contribution in [0.15, 0.2) is 35.7 Å². The molecule has 0 unspecified atom stereocenters. The van der Waals surface area contributed by atoms with Crippen molar-refractivity contribution in [2.75, 3.05) is 32.7 Å². The maximum absolute atomic E-state index is 12.8. The molecule has 28 heavy (non-hydrogen) atoms. The number of sulfonamides is 1. The van der Waals surface area contributed by atoms with Gasteiger partial charge in [0.05, 0.1) is 26.2 Å². The standard InChI is InChI=1S/C21H31N3O3S/c1-18-7-6-8-19(2)24(18)21(25)17-22-12-14-23(15-13-22)28(26,27)16-11-20-9-4-3-5-10-20/h3-5,9-11,16,18-19H,6-8,12-15,17H2,1-2H3/p+1/b16-11+/t18-,19+. The fourth-order valence-corrected chi connectivity index (χ4v) is 5.46. The van der Waals surface area contributed by atoms with Gasteiger partial charge in [-0.05, 0) is 44.7 Å². The Morgan fingerprint density at radius 3 is 2.32 bits per heavy atom. The predicted molar refractivity (Wildman–Crippen MR) is 111 cm³/mol. The van der Waals surface area contributed by atoms with Crippen molar-refractivity contribution in [3.63, 3.8) is 0 Å². The first kappa shape index (κ1) is 21.0. The minimum atomic E-state index is -3.43. The van der Waals surface area contributed by atoms with E-state index in [1.807, 2.05) is 35.2 Å². The summed E-state index contributed by atoms with van der Waals surface area (Å²) in [6.45, 7) is 6.97. The molecule has 6 nitrogen and oxygen atoms in total. The average Bonchev–Trinajstić information content (AvgIpc) is 2.68. The monoisotopic (exact) mass is 406 g/mol. The number of nitrogens with one attached hydrogen (secondary N) is 1. The van der Waals surface area contributed by atoms with Gasteiger partial charge in [-0.1, -0.05) is 30.3 Å². The highest BCUT2D eigenvalue weighted by Crippen LogP contribution is 2.22. The van der Waals surface area contributed by atoms with Crippen molar-refractivity contribution in [2.24, 2.45) is 0 Å². The van der Waals surface area contributed by atoms with Crippen LogP contribution in [0.4, 0.5) is 0 Å². The fourth-order valence-electron chi connectivity index (χ4n) is 4.27. The maximum Gasteiger partial charge on any atom is 0.278 e. The lowest BCUT2D eigenvalue weighted by Gasteiger charge is -2.40. The van der Waals surface area contributed by atoms with E-state index in [0.717, 1.165) is 18.4 Å². The van der Waals surface area contributed by atoms with E-state index in [9.17, 15) is 13.2 Å². The van der Waals surface area contributed by atoms with Crippen molar-refractivity contribution in [3.8, 4) is 0 Å². The van der Waals surface area contributed by atoms with Crippen LogP contribution in [-0.4, -0.2) is 68.3 Å². The van der Waals surface area contributed by atoms with E-state index in [4.69, 9.17) is 0 Å². The van der Waals surface area contributed by atoms with Crippen molar-refractivity contribution in [3.05, 3.63) is 41.3 Å². The molecule has 0 saturated carbocycles. The van der Waals surface area contributed by atoms with Gasteiger partial charge in [-0.2, -0.15) is 4.31 Å². The summed E-state index contributed by atoms with van der Waals surface area (Å²) in [5.41, 5.74) is 0.866. The largest absolute Gasteiger partial charge is 0.332 e. The highest BCUT2D eigenvalue weighted by molar-refractivity contribution is 7.92. The number of quaternary nitrogens is 1. The van der Waals surface area contributed by atoms with Crippen molar-refractivity contribution in [2.45, 2.75) is 45.2 Å². The first-order valence-electron chi connectivity index (χ1n) is 10.2. The van der Waals surface area contributed by atoms with Gasteiger partial charge >= 0.3 is 0 Å². The molecule has 1 N–H and O–H groups in total. The number of amides is 1. The van der Waals surface area contributed by atoms with Crippen molar-refractivity contribution >= 4 is 22.0 Å². The van der Waals surface area contributed by atoms with Gasteiger partial charge < -0.3 is 9.80 Å². The van der Waals surface area contributed by atoms with Crippen LogP contribution in [0.3, 0.4) is 0 Å². The molecule has 2 saturated heterocycles. The third-order valence-corrected chi connectivity index (χ3v) is 7.47. The lowest BCUT2D eigenvalue weighted by Crippen LogP contribution is -3.15. The van der Waals surface area contributed by atoms with Gasteiger partial charge in [0.15, 0.2) is 6.54 Å². The summed E-state index contributed by atoms with van der Waals surface area (Å²) in [5, 5.41) is 1.29. The van der Waals surface area contributed by atoms with E-state index >= 15 is 0 Å². The van der Waals surface area contributed by atoms with Gasteiger partial charge in [-0.15, -0.1) is 0 Å². The minimum Gasteiger partial charge on any atom is -0.332 e. The van der Waals surface area contributed by atoms with Crippen LogP contribution in [0.5, 0.6) is 0 Å². The van der Waals surface area contributed by atoms with E-state index in [1.165, 1.54) is 21.0 Å². The molecule has 2 aliphatic heterocycles. The topological polar surface area (TPSA) is 62.1 Å². The quantitative estimate of drug-likeness (QED) is 0.793. The molecule has 0 radical (unpaired) electrons. The molecule has 0 aromatic heterocycles. The van der Waals surface area contributed by atoms with Crippen LogP contribution in [0.2, 0.25) is 0 Å². The highest BCUT2D eigenvalue weighted by Gasteiger charge is 2.33. The van der Waals surface area contributed by atoms with E-state index in [-0.39, 0.29) is 5.91 Å². The van der Waals surface area contributed by atoms with Crippen LogP contribution in [0.1, 0.15) is 38.7 Å². The molecule has 2 fully saturated rings. The number of piperazine rings is 1. The normalized spacial score (nSPS) is 25.3. The summed E-state index contributed by atoms with van der Waals surface area (Å²) in [4.78, 5) is 16.0. The first-order valence-corrected chi connectivity index (χ1v) is 11.7. The number of carbonyl (C=O) groups excluding carboxylic acids is 1. The Morgan fingerprint density at radius 2 is 1.71 bits per heavy atom. The zero-order chi connectivity index (χ0) is 20.1. The smallest absolute Gasteiger partial charge is 0.278 e. The summed E-state index contributed by atoms with van der Waals surface area (Å²) in [5.74, 6) is 0.204. The lowest BCUT2D eigenvalue weighted by molar-refractivity contribution is -0.896. The average molecular weight is 407 g/mol. The Labute approximate surface area is 168 Å². The summed E-state index contributed by atoms with van der Waals surface area (Å²) >= 11 is 0. The molecule has 2 atom stereocenters. The molecule has 2 aliphatic rings. The van der Waals surface area contributed by atoms with Crippen LogP contribution in [0.25, 0.3) is 6.08 Å². The van der Waals surface area contributed by atoms with Crippen LogP contribution >= 0.6 is 0 Å². The second-order valence-corrected chi connectivity index (χ2v) is 9.83. The SMILES string of the molecule is C[C@@H]1CCC[C@H](C)N1C(=O)C[NH+]1CCN(S(=O)(=O)/C=C/c2ccccc2)CC1. The molecule has 7 heteroatoms. The van der Waals surface area contributed by atoms with Crippen molar-refractivity contribution < 1.29 is 18.1 Å². The fraction of sp³-hybridized carbons (Fsp3) is 0.571. The van der Waals surface area contributed by atoms with E-state index < -0.39 is 10.0 Å². The number of piperidine rings is 1. The molecule has 1 amide bonds. The maximum atomic E-state index is 12.8. The van der Waals surface area contributed by atoms with E-state index in [0.29, 0.717) is 44.8 Å². The minimum absolute atomic E-state index is 0.204. The summed E-state index contributed by atoms with van der Waals surface area (Å²) in [6.07, 6.45) is 4.97. The summed E-state index contributed by atoms with van der Waals surface area (Å²) in [7, 11) is -3.43. The van der Waals surface area contributed by atoms with Gasteiger partial charge in [0.1, 0.15) is 0 Å². The Kier molecular flexibility index (Phi) is 6.91. The van der Waals surface area contributed by atoms with Crippen molar-refractivity contribution in [1.82, 2.24) is 9.21 Å². The molecule has 3 rings (SSSR count). The molecule has 0 aliphatic carbocycles. The number of nitrogens with zero attached hydrogens (tertiary/aromatic N) is 2. The number of benzene rings is 1. The number of carbonyl (C=O) groups is 1. The third kappa shape index (κ3) is 5.21. The third-order valence-electron chi connectivity index (χ3n) is 5.90. The molecule has 1 aromatic carbocycles. The predicted octanol–water partition coefficient (Wildman–Crippen LogP) is 0.977. The summed E-state index contributed by atoms with van der Waals surface area (Å²) < 4.78 is 26.7. The molecular weight excluding hydrogens is 374 g/mol. The zero-order valence-electron chi connectivity index (χ0n) is 16.9. The molecule has 0 bridgehead atoms. The number of hydrogen-bond donors (Lipinski definition) is 1. The molecular formula is C21H32N3O3S+. The van der Waals surface area contributed by atoms with Gasteiger partial charge in [-0.3, -0.25) is 4.79 Å². The van der Waals surface area contributed by atoms with E-state index in [1.54, 1.807) is 6.08 Å². The van der Waals surface area contributed by atoms with Crippen LogP contribution in [-0.2, 0) is 14.8 Å². The Hall–Kier alpha value is -1.70. The van der Waals surface area contributed by atoms with Crippen molar-refractivity contribution in [1.29, 1.82) is 0 Å². The molecule has 1 aromatic rings. The van der Waals surface area contributed by atoms with Gasteiger partial charge in [0.2, 0.25) is 10.0 Å². The first-order chi connectivity index (χ1) is 13.4. The lowest BCUT2D eigenvalue weighted by atomic mass is 9.97. The highest BCUT2D eigenvalue weighted by atomic mass is 32.2. The number of hydrogen-bond acceptors (Lipinski definition) is 3. The molecule has 0 spiro atoms. The molecule has 154 valence electrons.